The van der Waals surface area contributed by atoms with E-state index >= 15 is 0 Å². The molecule has 0 fully saturated rings. The fourth-order valence-corrected chi connectivity index (χ4v) is 5.11. The van der Waals surface area contributed by atoms with Crippen LogP contribution in [-0.4, -0.2) is 48.3 Å². The number of hydrogen-bond acceptors (Lipinski definition) is 7. The summed E-state index contributed by atoms with van der Waals surface area (Å²) in [5.74, 6) is -0.0368. The number of aliphatic hydroxyl groups excluding tert-OH is 2. The first kappa shape index (κ1) is 24.4. The van der Waals surface area contributed by atoms with Gasteiger partial charge in [0.2, 0.25) is 0 Å². The number of hydrogen-bond donors (Lipinski definition) is 3. The van der Waals surface area contributed by atoms with E-state index in [9.17, 15) is 23.2 Å². The average molecular weight is 458 g/mol. The molecule has 10 heteroatoms. The molecule has 0 amide bonds. The lowest BCUT2D eigenvalue weighted by atomic mass is 9.85. The molecule has 0 heterocycles. The Morgan fingerprint density at radius 3 is 2.17 bits per heavy atom. The fourth-order valence-electron chi connectivity index (χ4n) is 2.70. The maximum atomic E-state index is 13.5. The first-order valence-electron chi connectivity index (χ1n) is 9.36. The van der Waals surface area contributed by atoms with Gasteiger partial charge >= 0.3 is 7.60 Å². The molecule has 0 aliphatic carbocycles. The topological polar surface area (TPSA) is 130 Å². The molecule has 0 aliphatic rings. The van der Waals surface area contributed by atoms with Gasteiger partial charge in [0.1, 0.15) is 11.5 Å². The first-order valence-corrected chi connectivity index (χ1v) is 12.7. The van der Waals surface area contributed by atoms with Gasteiger partial charge in [-0.1, -0.05) is 43.3 Å². The first-order chi connectivity index (χ1) is 14.1. The second-order valence-corrected chi connectivity index (χ2v) is 11.0. The van der Waals surface area contributed by atoms with Gasteiger partial charge in [0.25, 0.3) is 10.1 Å². The Balaban J connectivity index is 2.30. The SMILES string of the molecule is CC(CO)(CO)Cc1ccccc1OP(=O)(CCCS(=O)(=O)O)Oc1ccccc1. The Morgan fingerprint density at radius 2 is 1.57 bits per heavy atom. The summed E-state index contributed by atoms with van der Waals surface area (Å²) < 4.78 is 55.9. The quantitative estimate of drug-likeness (QED) is 0.327. The highest BCUT2D eigenvalue weighted by Crippen LogP contribution is 2.50. The van der Waals surface area contributed by atoms with Gasteiger partial charge in [-0.3, -0.25) is 4.55 Å². The Morgan fingerprint density at radius 1 is 0.967 bits per heavy atom. The molecule has 2 aromatic rings. The lowest BCUT2D eigenvalue weighted by Crippen LogP contribution is -2.28. The molecule has 0 aliphatic heterocycles. The number of para-hydroxylation sites is 2. The minimum atomic E-state index is -4.22. The van der Waals surface area contributed by atoms with E-state index in [1.807, 2.05) is 0 Å². The molecule has 1 atom stereocenters. The molecule has 0 bridgehead atoms. The summed E-state index contributed by atoms with van der Waals surface area (Å²) in [5.41, 5.74) is -0.205. The normalized spacial score (nSPS) is 14.1. The third kappa shape index (κ3) is 7.74. The van der Waals surface area contributed by atoms with Crippen LogP contribution < -0.4 is 9.05 Å². The van der Waals surface area contributed by atoms with E-state index in [0.717, 1.165) is 0 Å². The van der Waals surface area contributed by atoms with Crippen LogP contribution in [0.1, 0.15) is 18.9 Å². The van der Waals surface area contributed by atoms with E-state index in [1.54, 1.807) is 61.5 Å². The van der Waals surface area contributed by atoms with Gasteiger partial charge in [0, 0.05) is 5.41 Å². The highest BCUT2D eigenvalue weighted by molar-refractivity contribution is 7.85. The van der Waals surface area contributed by atoms with E-state index in [2.05, 4.69) is 0 Å². The lowest BCUT2D eigenvalue weighted by Gasteiger charge is -2.27. The van der Waals surface area contributed by atoms with Crippen molar-refractivity contribution in [1.82, 2.24) is 0 Å². The van der Waals surface area contributed by atoms with Crippen molar-refractivity contribution in [2.24, 2.45) is 5.41 Å². The van der Waals surface area contributed by atoms with Crippen LogP contribution in [0.4, 0.5) is 0 Å². The molecule has 0 saturated heterocycles. The predicted molar refractivity (Wildman–Crippen MR) is 114 cm³/mol. The molecule has 0 saturated carbocycles. The van der Waals surface area contributed by atoms with Crippen LogP contribution in [0.25, 0.3) is 0 Å². The Labute approximate surface area is 176 Å². The summed E-state index contributed by atoms with van der Waals surface area (Å²) >= 11 is 0. The molecule has 0 aromatic heterocycles. The standard InChI is InChI=1S/C20H27O8PS/c1-20(15-21,16-22)14-17-8-5-6-11-19(17)28-29(23,12-7-13-30(24,25)26)27-18-9-3-2-4-10-18/h2-6,8-11,21-22H,7,12-16H2,1H3,(H,24,25,26). The molecule has 0 spiro atoms. The highest BCUT2D eigenvalue weighted by atomic mass is 32.2. The highest BCUT2D eigenvalue weighted by Gasteiger charge is 2.31. The minimum absolute atomic E-state index is 0.129. The number of aliphatic hydroxyl groups is 2. The van der Waals surface area contributed by atoms with Gasteiger partial charge in [-0.05, 0) is 36.6 Å². The van der Waals surface area contributed by atoms with Crippen molar-refractivity contribution in [2.75, 3.05) is 25.1 Å². The Hall–Kier alpha value is -1.90. The van der Waals surface area contributed by atoms with Crippen molar-refractivity contribution in [2.45, 2.75) is 19.8 Å². The van der Waals surface area contributed by atoms with E-state index in [-0.39, 0.29) is 38.0 Å². The molecule has 3 N–H and O–H groups in total. The van der Waals surface area contributed by atoms with Gasteiger partial charge in [0.05, 0.1) is 25.1 Å². The second kappa shape index (κ2) is 10.4. The van der Waals surface area contributed by atoms with E-state index < -0.39 is 28.9 Å². The Kier molecular flexibility index (Phi) is 8.46. The van der Waals surface area contributed by atoms with E-state index in [0.29, 0.717) is 11.3 Å². The van der Waals surface area contributed by atoms with Crippen molar-refractivity contribution in [3.05, 3.63) is 60.2 Å². The smallest absolute Gasteiger partial charge is 0.416 e. The molecular formula is C20H27O8PS. The van der Waals surface area contributed by atoms with Crippen molar-refractivity contribution >= 4 is 17.7 Å². The summed E-state index contributed by atoms with van der Waals surface area (Å²) in [6.07, 6.45) is -0.115. The van der Waals surface area contributed by atoms with Crippen LogP contribution >= 0.6 is 7.60 Å². The monoisotopic (exact) mass is 458 g/mol. The van der Waals surface area contributed by atoms with Crippen LogP contribution in [0.2, 0.25) is 0 Å². The van der Waals surface area contributed by atoms with Gasteiger partial charge in [-0.25, -0.2) is 4.57 Å². The third-order valence-corrected chi connectivity index (χ3v) is 7.05. The minimum Gasteiger partial charge on any atom is -0.416 e. The number of benzene rings is 2. The molecule has 8 nitrogen and oxygen atoms in total. The molecule has 30 heavy (non-hydrogen) atoms. The molecule has 1 unspecified atom stereocenters. The predicted octanol–water partition coefficient (Wildman–Crippen LogP) is 3.15. The third-order valence-electron chi connectivity index (χ3n) is 4.41. The molecular weight excluding hydrogens is 431 g/mol. The molecule has 0 radical (unpaired) electrons. The summed E-state index contributed by atoms with van der Waals surface area (Å²) in [6.45, 7) is 1.19. The maximum absolute atomic E-state index is 13.5. The van der Waals surface area contributed by atoms with Crippen LogP contribution in [0.15, 0.2) is 54.6 Å². The van der Waals surface area contributed by atoms with Crippen molar-refractivity contribution in [3.8, 4) is 11.5 Å². The zero-order valence-corrected chi connectivity index (χ0v) is 18.4. The van der Waals surface area contributed by atoms with E-state index in [1.165, 1.54) is 0 Å². The molecule has 166 valence electrons. The van der Waals surface area contributed by atoms with Crippen LogP contribution in [0, 0.1) is 5.41 Å². The zero-order valence-electron chi connectivity index (χ0n) is 16.7. The van der Waals surface area contributed by atoms with Crippen molar-refractivity contribution < 1.29 is 36.8 Å². The summed E-state index contributed by atoms with van der Waals surface area (Å²) in [4.78, 5) is 0. The second-order valence-electron chi connectivity index (χ2n) is 7.38. The van der Waals surface area contributed by atoms with Crippen molar-refractivity contribution in [3.63, 3.8) is 0 Å². The van der Waals surface area contributed by atoms with Crippen LogP contribution in [-0.2, 0) is 21.1 Å². The summed E-state index contributed by atoms with van der Waals surface area (Å²) in [5, 5.41) is 19.2. The number of rotatable bonds is 12. The van der Waals surface area contributed by atoms with Crippen LogP contribution in [0.3, 0.4) is 0 Å². The van der Waals surface area contributed by atoms with E-state index in [4.69, 9.17) is 13.6 Å². The van der Waals surface area contributed by atoms with Gasteiger partial charge in [-0.2, -0.15) is 8.42 Å². The van der Waals surface area contributed by atoms with Crippen LogP contribution in [0.5, 0.6) is 11.5 Å². The molecule has 2 aromatic carbocycles. The maximum Gasteiger partial charge on any atom is 0.430 e. The Bertz CT molecular complexity index is 958. The fraction of sp³-hybridized carbons (Fsp3) is 0.400. The average Bonchev–Trinajstić information content (AvgIpc) is 2.69. The summed E-state index contributed by atoms with van der Waals surface area (Å²) in [6, 6.07) is 15.1. The van der Waals surface area contributed by atoms with Gasteiger partial charge in [-0.15, -0.1) is 0 Å². The lowest BCUT2D eigenvalue weighted by molar-refractivity contribution is 0.0701. The van der Waals surface area contributed by atoms with Crippen molar-refractivity contribution in [1.29, 1.82) is 0 Å². The largest absolute Gasteiger partial charge is 0.430 e. The summed E-state index contributed by atoms with van der Waals surface area (Å²) in [7, 11) is -8.08. The zero-order chi connectivity index (χ0) is 22.3. The van der Waals surface area contributed by atoms with Gasteiger partial charge < -0.3 is 19.3 Å². The molecule has 2 rings (SSSR count). The van der Waals surface area contributed by atoms with Gasteiger partial charge in [0.15, 0.2) is 0 Å².